The Bertz CT molecular complexity index is 510. The van der Waals surface area contributed by atoms with E-state index >= 15 is 0 Å². The highest BCUT2D eigenvalue weighted by molar-refractivity contribution is 5.93. The lowest BCUT2D eigenvalue weighted by molar-refractivity contribution is 0.0697. The average molecular weight is 276 g/mol. The van der Waals surface area contributed by atoms with Crippen molar-refractivity contribution in [1.82, 2.24) is 4.98 Å². The van der Waals surface area contributed by atoms with Gasteiger partial charge in [-0.1, -0.05) is 0 Å². The van der Waals surface area contributed by atoms with Gasteiger partial charge in [-0.05, 0) is 50.2 Å². The van der Waals surface area contributed by atoms with Gasteiger partial charge in [0.05, 0.1) is 6.10 Å². The van der Waals surface area contributed by atoms with Crippen LogP contribution in [-0.2, 0) is 17.6 Å². The van der Waals surface area contributed by atoms with Crippen molar-refractivity contribution < 1.29 is 14.6 Å². The third-order valence-electron chi connectivity index (χ3n) is 4.05. The van der Waals surface area contributed by atoms with Crippen LogP contribution in [0.1, 0.15) is 47.3 Å². The summed E-state index contributed by atoms with van der Waals surface area (Å²) in [6.45, 7) is 1.43. The maximum absolute atomic E-state index is 11.4. The number of aromatic nitrogens is 1. The summed E-state index contributed by atoms with van der Waals surface area (Å²) >= 11 is 0. The first kappa shape index (κ1) is 13.4. The maximum Gasteiger partial charge on any atom is 0.339 e. The van der Waals surface area contributed by atoms with E-state index in [-0.39, 0.29) is 11.7 Å². The number of ether oxygens (including phenoxy) is 1. The van der Waals surface area contributed by atoms with Crippen molar-refractivity contribution in [3.8, 4) is 0 Å². The van der Waals surface area contributed by atoms with Crippen LogP contribution in [0.3, 0.4) is 0 Å². The SMILES string of the molecule is O=C(O)c1cc2c(nc1NCC1CCCO1)CCCC2. The number of carboxylic acids is 1. The van der Waals surface area contributed by atoms with Crippen molar-refractivity contribution in [1.29, 1.82) is 0 Å². The molecule has 1 aliphatic carbocycles. The van der Waals surface area contributed by atoms with Gasteiger partial charge in [0.2, 0.25) is 0 Å². The molecule has 1 fully saturated rings. The highest BCUT2D eigenvalue weighted by Crippen LogP contribution is 2.25. The minimum atomic E-state index is -0.916. The van der Waals surface area contributed by atoms with Gasteiger partial charge in [-0.2, -0.15) is 0 Å². The molecular weight excluding hydrogens is 256 g/mol. The minimum Gasteiger partial charge on any atom is -0.478 e. The number of hydrogen-bond donors (Lipinski definition) is 2. The van der Waals surface area contributed by atoms with Crippen LogP contribution in [0.4, 0.5) is 5.82 Å². The highest BCUT2D eigenvalue weighted by Gasteiger charge is 2.21. The molecule has 5 nitrogen and oxygen atoms in total. The minimum absolute atomic E-state index is 0.175. The molecule has 20 heavy (non-hydrogen) atoms. The van der Waals surface area contributed by atoms with E-state index in [1.54, 1.807) is 6.07 Å². The van der Waals surface area contributed by atoms with Gasteiger partial charge >= 0.3 is 5.97 Å². The summed E-state index contributed by atoms with van der Waals surface area (Å²) < 4.78 is 5.55. The monoisotopic (exact) mass is 276 g/mol. The molecule has 0 aromatic carbocycles. The first-order chi connectivity index (χ1) is 9.74. The molecule has 1 unspecified atom stereocenters. The van der Waals surface area contributed by atoms with Crippen LogP contribution in [0.25, 0.3) is 0 Å². The molecule has 0 amide bonds. The van der Waals surface area contributed by atoms with Crippen molar-refractivity contribution in [2.45, 2.75) is 44.6 Å². The Labute approximate surface area is 118 Å². The second kappa shape index (κ2) is 5.79. The van der Waals surface area contributed by atoms with Crippen LogP contribution in [0, 0.1) is 0 Å². The summed E-state index contributed by atoms with van der Waals surface area (Å²) in [6, 6.07) is 1.79. The van der Waals surface area contributed by atoms with Gasteiger partial charge in [0, 0.05) is 18.8 Å². The van der Waals surface area contributed by atoms with E-state index in [1.807, 2.05) is 0 Å². The molecule has 1 aromatic heterocycles. The Kier molecular flexibility index (Phi) is 3.87. The zero-order chi connectivity index (χ0) is 13.9. The second-order valence-electron chi connectivity index (χ2n) is 5.52. The number of nitrogens with one attached hydrogen (secondary N) is 1. The fourth-order valence-electron chi connectivity index (χ4n) is 2.95. The fourth-order valence-corrected chi connectivity index (χ4v) is 2.95. The quantitative estimate of drug-likeness (QED) is 0.882. The molecule has 3 rings (SSSR count). The molecule has 1 aromatic rings. The third-order valence-corrected chi connectivity index (χ3v) is 4.05. The Hall–Kier alpha value is -1.62. The zero-order valence-electron chi connectivity index (χ0n) is 11.5. The van der Waals surface area contributed by atoms with Crippen LogP contribution in [0.5, 0.6) is 0 Å². The Balaban J connectivity index is 1.81. The summed E-state index contributed by atoms with van der Waals surface area (Å²) in [7, 11) is 0. The van der Waals surface area contributed by atoms with Crippen LogP contribution < -0.4 is 5.32 Å². The molecule has 2 heterocycles. The Morgan fingerprint density at radius 1 is 1.40 bits per heavy atom. The van der Waals surface area contributed by atoms with Gasteiger partial charge < -0.3 is 15.2 Å². The number of pyridine rings is 1. The molecule has 1 atom stereocenters. The topological polar surface area (TPSA) is 71.5 Å². The summed E-state index contributed by atoms with van der Waals surface area (Å²) in [5.74, 6) is -0.422. The van der Waals surface area contributed by atoms with Gasteiger partial charge in [-0.25, -0.2) is 9.78 Å². The van der Waals surface area contributed by atoms with E-state index in [2.05, 4.69) is 10.3 Å². The number of hydrogen-bond acceptors (Lipinski definition) is 4. The fraction of sp³-hybridized carbons (Fsp3) is 0.600. The normalized spacial score (nSPS) is 21.5. The molecule has 0 saturated carbocycles. The average Bonchev–Trinajstić information content (AvgIpc) is 2.97. The van der Waals surface area contributed by atoms with Gasteiger partial charge in [0.25, 0.3) is 0 Å². The van der Waals surface area contributed by atoms with Crippen molar-refractivity contribution in [3.05, 3.63) is 22.9 Å². The van der Waals surface area contributed by atoms with E-state index in [0.29, 0.717) is 12.4 Å². The molecule has 1 aliphatic heterocycles. The van der Waals surface area contributed by atoms with Crippen LogP contribution in [0.2, 0.25) is 0 Å². The lowest BCUT2D eigenvalue weighted by Crippen LogP contribution is -2.21. The van der Waals surface area contributed by atoms with Gasteiger partial charge in [0.15, 0.2) is 0 Å². The molecule has 108 valence electrons. The van der Waals surface area contributed by atoms with Crippen molar-refractivity contribution in [2.75, 3.05) is 18.5 Å². The summed E-state index contributed by atoms with van der Waals surface area (Å²) in [5.41, 5.74) is 2.43. The smallest absolute Gasteiger partial charge is 0.339 e. The summed E-state index contributed by atoms with van der Waals surface area (Å²) in [4.78, 5) is 15.9. The first-order valence-corrected chi connectivity index (χ1v) is 7.35. The van der Waals surface area contributed by atoms with Crippen LogP contribution >= 0.6 is 0 Å². The molecule has 1 saturated heterocycles. The molecular formula is C15H20N2O3. The number of carboxylic acid groups (broad SMARTS) is 1. The molecule has 0 bridgehead atoms. The maximum atomic E-state index is 11.4. The standard InChI is InChI=1S/C15H20N2O3/c18-15(19)12-8-10-4-1-2-6-13(10)17-14(12)16-9-11-5-3-7-20-11/h8,11H,1-7,9H2,(H,16,17)(H,18,19). The number of carbonyl (C=O) groups is 1. The Morgan fingerprint density at radius 2 is 2.25 bits per heavy atom. The predicted octanol–water partition coefficient (Wildman–Crippen LogP) is 2.25. The number of rotatable bonds is 4. The van der Waals surface area contributed by atoms with Crippen molar-refractivity contribution >= 4 is 11.8 Å². The predicted molar refractivity (Wildman–Crippen MR) is 75.3 cm³/mol. The van der Waals surface area contributed by atoms with Gasteiger partial charge in [-0.15, -0.1) is 0 Å². The van der Waals surface area contributed by atoms with Crippen molar-refractivity contribution in [3.63, 3.8) is 0 Å². The van der Waals surface area contributed by atoms with Crippen LogP contribution in [0.15, 0.2) is 6.07 Å². The Morgan fingerprint density at radius 3 is 3.00 bits per heavy atom. The summed E-state index contributed by atoms with van der Waals surface area (Å²) in [6.07, 6.45) is 6.43. The first-order valence-electron chi connectivity index (χ1n) is 7.35. The molecule has 2 aliphatic rings. The van der Waals surface area contributed by atoms with E-state index < -0.39 is 5.97 Å². The highest BCUT2D eigenvalue weighted by atomic mass is 16.5. The van der Waals surface area contributed by atoms with E-state index in [0.717, 1.165) is 56.4 Å². The number of fused-ring (bicyclic) bond motifs is 1. The number of aryl methyl sites for hydroxylation is 2. The number of anilines is 1. The largest absolute Gasteiger partial charge is 0.478 e. The molecule has 0 radical (unpaired) electrons. The lowest BCUT2D eigenvalue weighted by atomic mass is 9.94. The zero-order valence-corrected chi connectivity index (χ0v) is 11.5. The second-order valence-corrected chi connectivity index (χ2v) is 5.52. The molecule has 0 spiro atoms. The number of aromatic carboxylic acids is 1. The van der Waals surface area contributed by atoms with E-state index in [1.165, 1.54) is 0 Å². The summed E-state index contributed by atoms with van der Waals surface area (Å²) in [5, 5.41) is 12.5. The van der Waals surface area contributed by atoms with E-state index in [9.17, 15) is 9.90 Å². The molecule has 5 heteroatoms. The molecule has 2 N–H and O–H groups in total. The van der Waals surface area contributed by atoms with Gasteiger partial charge in [0.1, 0.15) is 11.4 Å². The van der Waals surface area contributed by atoms with Crippen LogP contribution in [-0.4, -0.2) is 35.3 Å². The number of nitrogens with zero attached hydrogens (tertiary/aromatic N) is 1. The van der Waals surface area contributed by atoms with Gasteiger partial charge in [-0.3, -0.25) is 0 Å². The lowest BCUT2D eigenvalue weighted by Gasteiger charge is -2.19. The van der Waals surface area contributed by atoms with Crippen molar-refractivity contribution in [2.24, 2.45) is 0 Å². The van der Waals surface area contributed by atoms with E-state index in [4.69, 9.17) is 4.74 Å². The third kappa shape index (κ3) is 2.77.